The molecule has 1 amide bonds. The first-order valence-electron chi connectivity index (χ1n) is 7.90. The van der Waals surface area contributed by atoms with Crippen LogP contribution in [0.4, 0.5) is 11.4 Å². The SMILES string of the molecule is Cc1cccc(N2C(=O)c3ccccc3N[C@H]2c2cccnc2)c1. The number of hydrogen-bond donors (Lipinski definition) is 1. The van der Waals surface area contributed by atoms with Crippen LogP contribution in [0.1, 0.15) is 27.7 Å². The van der Waals surface area contributed by atoms with Crippen molar-refractivity contribution in [3.8, 4) is 0 Å². The first-order chi connectivity index (χ1) is 11.7. The van der Waals surface area contributed by atoms with Gasteiger partial charge in [-0.2, -0.15) is 0 Å². The van der Waals surface area contributed by atoms with Crippen molar-refractivity contribution in [1.82, 2.24) is 4.98 Å². The molecular formula is C20H17N3O. The summed E-state index contributed by atoms with van der Waals surface area (Å²) in [5.74, 6) is -0.0104. The second-order valence-corrected chi connectivity index (χ2v) is 5.89. The number of hydrogen-bond acceptors (Lipinski definition) is 3. The summed E-state index contributed by atoms with van der Waals surface area (Å²) < 4.78 is 0. The summed E-state index contributed by atoms with van der Waals surface area (Å²) in [6.07, 6.45) is 3.24. The van der Waals surface area contributed by atoms with E-state index in [1.165, 1.54) is 0 Å². The fourth-order valence-electron chi connectivity index (χ4n) is 3.07. The Bertz CT molecular complexity index is 892. The lowest BCUT2D eigenvalue weighted by Crippen LogP contribution is -2.43. The van der Waals surface area contributed by atoms with Gasteiger partial charge < -0.3 is 5.32 Å². The third kappa shape index (κ3) is 2.42. The van der Waals surface area contributed by atoms with Crippen molar-refractivity contribution in [2.24, 2.45) is 0 Å². The largest absolute Gasteiger partial charge is 0.360 e. The molecule has 0 radical (unpaired) electrons. The summed E-state index contributed by atoms with van der Waals surface area (Å²) in [6.45, 7) is 2.03. The molecule has 1 aliphatic heterocycles. The molecular weight excluding hydrogens is 298 g/mol. The van der Waals surface area contributed by atoms with E-state index >= 15 is 0 Å². The number of aryl methyl sites for hydroxylation is 1. The number of benzene rings is 2. The number of anilines is 2. The molecule has 4 rings (SSSR count). The summed E-state index contributed by atoms with van der Waals surface area (Å²) in [7, 11) is 0. The van der Waals surface area contributed by atoms with E-state index in [9.17, 15) is 4.79 Å². The number of pyridine rings is 1. The number of carbonyl (C=O) groups excluding carboxylic acids is 1. The Morgan fingerprint density at radius 3 is 2.71 bits per heavy atom. The van der Waals surface area contributed by atoms with Crippen molar-refractivity contribution in [3.63, 3.8) is 0 Å². The van der Waals surface area contributed by atoms with Crippen LogP contribution in [0.25, 0.3) is 0 Å². The predicted octanol–water partition coefficient (Wildman–Crippen LogP) is 4.16. The van der Waals surface area contributed by atoms with E-state index < -0.39 is 0 Å². The number of fused-ring (bicyclic) bond motifs is 1. The highest BCUT2D eigenvalue weighted by molar-refractivity contribution is 6.12. The van der Waals surface area contributed by atoms with Gasteiger partial charge in [0.1, 0.15) is 6.17 Å². The first kappa shape index (κ1) is 14.5. The average molecular weight is 315 g/mol. The monoisotopic (exact) mass is 315 g/mol. The van der Waals surface area contributed by atoms with Gasteiger partial charge in [-0.25, -0.2) is 0 Å². The Hall–Kier alpha value is -3.14. The summed E-state index contributed by atoms with van der Waals surface area (Å²) in [4.78, 5) is 19.2. The van der Waals surface area contributed by atoms with Crippen molar-refractivity contribution in [2.45, 2.75) is 13.1 Å². The van der Waals surface area contributed by atoms with E-state index in [2.05, 4.69) is 10.3 Å². The predicted molar refractivity (Wildman–Crippen MR) is 95.0 cm³/mol. The molecule has 0 saturated heterocycles. The number of amides is 1. The smallest absolute Gasteiger partial charge is 0.262 e. The van der Waals surface area contributed by atoms with Gasteiger partial charge in [-0.1, -0.05) is 30.3 Å². The van der Waals surface area contributed by atoms with Gasteiger partial charge in [-0.15, -0.1) is 0 Å². The van der Waals surface area contributed by atoms with Gasteiger partial charge in [0, 0.05) is 29.3 Å². The molecule has 0 fully saturated rings. The summed E-state index contributed by atoms with van der Waals surface area (Å²) >= 11 is 0. The van der Waals surface area contributed by atoms with Gasteiger partial charge in [0.05, 0.1) is 5.56 Å². The highest BCUT2D eigenvalue weighted by atomic mass is 16.2. The van der Waals surface area contributed by atoms with Gasteiger partial charge in [-0.05, 0) is 42.8 Å². The van der Waals surface area contributed by atoms with Gasteiger partial charge in [0.15, 0.2) is 0 Å². The zero-order chi connectivity index (χ0) is 16.5. The fourth-order valence-corrected chi connectivity index (χ4v) is 3.07. The van der Waals surface area contributed by atoms with Gasteiger partial charge in [0.2, 0.25) is 0 Å². The van der Waals surface area contributed by atoms with Gasteiger partial charge in [0.25, 0.3) is 5.91 Å². The molecule has 24 heavy (non-hydrogen) atoms. The summed E-state index contributed by atoms with van der Waals surface area (Å²) in [5, 5.41) is 3.48. The molecule has 1 aromatic heterocycles. The normalized spacial score (nSPS) is 16.5. The highest BCUT2D eigenvalue weighted by Gasteiger charge is 2.34. The number of aromatic nitrogens is 1. The Morgan fingerprint density at radius 1 is 1.04 bits per heavy atom. The van der Waals surface area contributed by atoms with Crippen LogP contribution in [0.3, 0.4) is 0 Å². The zero-order valence-corrected chi connectivity index (χ0v) is 13.3. The van der Waals surface area contributed by atoms with Crippen LogP contribution in [0.5, 0.6) is 0 Å². The lowest BCUT2D eigenvalue weighted by Gasteiger charge is -2.38. The van der Waals surface area contributed by atoms with Crippen LogP contribution >= 0.6 is 0 Å². The topological polar surface area (TPSA) is 45.2 Å². The Balaban J connectivity index is 1.88. The van der Waals surface area contributed by atoms with E-state index in [-0.39, 0.29) is 12.1 Å². The minimum absolute atomic E-state index is 0.0104. The molecule has 1 N–H and O–H groups in total. The first-order valence-corrected chi connectivity index (χ1v) is 7.90. The van der Waals surface area contributed by atoms with E-state index in [1.54, 1.807) is 17.3 Å². The van der Waals surface area contributed by atoms with Crippen LogP contribution in [0.2, 0.25) is 0 Å². The van der Waals surface area contributed by atoms with Gasteiger partial charge >= 0.3 is 0 Å². The van der Waals surface area contributed by atoms with Crippen molar-refractivity contribution >= 4 is 17.3 Å². The van der Waals surface area contributed by atoms with Crippen LogP contribution in [-0.2, 0) is 0 Å². The molecule has 3 aromatic rings. The van der Waals surface area contributed by atoms with Crippen LogP contribution in [-0.4, -0.2) is 10.9 Å². The molecule has 2 aromatic carbocycles. The van der Waals surface area contributed by atoms with E-state index in [4.69, 9.17) is 0 Å². The molecule has 0 unspecified atom stereocenters. The molecule has 0 bridgehead atoms. The number of para-hydroxylation sites is 1. The van der Waals surface area contributed by atoms with Crippen LogP contribution in [0, 0.1) is 6.92 Å². The molecule has 4 heteroatoms. The van der Waals surface area contributed by atoms with Crippen LogP contribution in [0.15, 0.2) is 73.1 Å². The summed E-state index contributed by atoms with van der Waals surface area (Å²) in [5.41, 5.74) is 4.46. The molecule has 0 aliphatic carbocycles. The standard InChI is InChI=1S/C20H17N3O/c1-14-6-4-8-16(12-14)23-19(15-7-5-11-21-13-15)22-18-10-3-2-9-17(18)20(23)24/h2-13,19,22H,1H3/t19-/m1/s1. The lowest BCUT2D eigenvalue weighted by atomic mass is 10.0. The molecule has 2 heterocycles. The molecule has 0 saturated carbocycles. The quantitative estimate of drug-likeness (QED) is 0.772. The fraction of sp³-hybridized carbons (Fsp3) is 0.100. The van der Waals surface area contributed by atoms with Crippen molar-refractivity contribution < 1.29 is 4.79 Å². The van der Waals surface area contributed by atoms with Crippen molar-refractivity contribution in [2.75, 3.05) is 10.2 Å². The minimum atomic E-state index is -0.289. The zero-order valence-electron chi connectivity index (χ0n) is 13.3. The molecule has 118 valence electrons. The van der Waals surface area contributed by atoms with Crippen molar-refractivity contribution in [1.29, 1.82) is 0 Å². The van der Waals surface area contributed by atoms with E-state index in [0.29, 0.717) is 5.56 Å². The van der Waals surface area contributed by atoms with Gasteiger partial charge in [-0.3, -0.25) is 14.7 Å². The maximum atomic E-state index is 13.2. The second kappa shape index (κ2) is 5.81. The average Bonchev–Trinajstić information content (AvgIpc) is 2.62. The minimum Gasteiger partial charge on any atom is -0.360 e. The number of rotatable bonds is 2. The van der Waals surface area contributed by atoms with Crippen molar-refractivity contribution in [3.05, 3.63) is 89.7 Å². The second-order valence-electron chi connectivity index (χ2n) is 5.89. The Labute approximate surface area is 140 Å². The van der Waals surface area contributed by atoms with E-state index in [0.717, 1.165) is 22.5 Å². The van der Waals surface area contributed by atoms with E-state index in [1.807, 2.05) is 67.6 Å². The molecule has 1 atom stereocenters. The number of carbonyl (C=O) groups is 1. The Kier molecular flexibility index (Phi) is 3.50. The molecule has 0 spiro atoms. The number of nitrogens with one attached hydrogen (secondary N) is 1. The molecule has 1 aliphatic rings. The third-order valence-corrected chi connectivity index (χ3v) is 4.21. The van der Waals surface area contributed by atoms with Crippen LogP contribution < -0.4 is 10.2 Å². The summed E-state index contributed by atoms with van der Waals surface area (Å²) in [6, 6.07) is 19.5. The molecule has 4 nitrogen and oxygen atoms in total. The maximum absolute atomic E-state index is 13.2. The Morgan fingerprint density at radius 2 is 1.92 bits per heavy atom. The maximum Gasteiger partial charge on any atom is 0.262 e. The highest BCUT2D eigenvalue weighted by Crippen LogP contribution is 2.36. The third-order valence-electron chi connectivity index (χ3n) is 4.21. The number of nitrogens with zero attached hydrogens (tertiary/aromatic N) is 2. The lowest BCUT2D eigenvalue weighted by molar-refractivity contribution is 0.0975.